The Kier molecular flexibility index (Phi) is 3.79. The van der Waals surface area contributed by atoms with E-state index in [1.165, 1.54) is 25.9 Å². The van der Waals surface area contributed by atoms with Crippen LogP contribution in [-0.2, 0) is 6.54 Å². The van der Waals surface area contributed by atoms with Gasteiger partial charge < -0.3 is 10.2 Å². The molecule has 0 spiro atoms. The number of nitrogens with one attached hydrogen (secondary N) is 1. The highest BCUT2D eigenvalue weighted by atomic mass is 16.1. The van der Waals surface area contributed by atoms with Crippen molar-refractivity contribution >= 4 is 16.9 Å². The van der Waals surface area contributed by atoms with Gasteiger partial charge in [0.05, 0.1) is 16.6 Å². The predicted octanol–water partition coefficient (Wildman–Crippen LogP) is 1.89. The second kappa shape index (κ2) is 5.84. The number of hydrogen-bond donors (Lipinski definition) is 1. The molecule has 6 heteroatoms. The minimum atomic E-state index is 0.0167. The summed E-state index contributed by atoms with van der Waals surface area (Å²) in [6, 6.07) is 2.17. The van der Waals surface area contributed by atoms with Crippen LogP contribution in [0, 0.1) is 19.8 Å². The van der Waals surface area contributed by atoms with Gasteiger partial charge in [-0.05, 0) is 58.7 Å². The second-order valence-electron chi connectivity index (χ2n) is 7.13. The monoisotopic (exact) mass is 327 g/mol. The third kappa shape index (κ3) is 2.49. The largest absolute Gasteiger partial charge is 0.348 e. The second-order valence-corrected chi connectivity index (χ2v) is 7.13. The maximum atomic E-state index is 13.0. The molecule has 2 bridgehead atoms. The van der Waals surface area contributed by atoms with E-state index in [1.807, 2.05) is 31.5 Å². The lowest BCUT2D eigenvalue weighted by Crippen LogP contribution is -2.57. The molecule has 1 unspecified atom stereocenters. The van der Waals surface area contributed by atoms with Crippen LogP contribution in [0.5, 0.6) is 0 Å². The Labute approximate surface area is 142 Å². The molecule has 1 amide bonds. The molecular formula is C18H25N5O. The van der Waals surface area contributed by atoms with Crippen LogP contribution in [0.2, 0.25) is 0 Å². The van der Waals surface area contributed by atoms with Crippen molar-refractivity contribution in [1.82, 2.24) is 25.0 Å². The molecule has 1 N–H and O–H groups in total. The highest BCUT2D eigenvalue weighted by Crippen LogP contribution is 2.28. The lowest BCUT2D eigenvalue weighted by atomic mass is 9.84. The smallest absolute Gasteiger partial charge is 0.252 e. The van der Waals surface area contributed by atoms with Crippen molar-refractivity contribution in [2.75, 3.05) is 19.6 Å². The first-order valence-electron chi connectivity index (χ1n) is 8.94. The van der Waals surface area contributed by atoms with E-state index in [4.69, 9.17) is 0 Å². The Balaban J connectivity index is 1.68. The number of nitrogens with zero attached hydrogens (tertiary/aromatic N) is 4. The minimum Gasteiger partial charge on any atom is -0.348 e. The first-order chi connectivity index (χ1) is 11.6. The van der Waals surface area contributed by atoms with Crippen molar-refractivity contribution in [2.45, 2.75) is 46.2 Å². The predicted molar refractivity (Wildman–Crippen MR) is 93.1 cm³/mol. The molecule has 3 aliphatic rings. The Bertz CT molecular complexity index is 788. The van der Waals surface area contributed by atoms with Gasteiger partial charge in [0.1, 0.15) is 0 Å². The fourth-order valence-electron chi connectivity index (χ4n) is 4.25. The Morgan fingerprint density at radius 1 is 1.33 bits per heavy atom. The zero-order valence-electron chi connectivity index (χ0n) is 14.7. The quantitative estimate of drug-likeness (QED) is 0.935. The summed E-state index contributed by atoms with van der Waals surface area (Å²) in [5, 5.41) is 8.73. The van der Waals surface area contributed by atoms with Crippen LogP contribution in [0.25, 0.3) is 11.0 Å². The van der Waals surface area contributed by atoms with Gasteiger partial charge in [-0.3, -0.25) is 4.79 Å². The topological polar surface area (TPSA) is 63.1 Å². The highest BCUT2D eigenvalue weighted by Gasteiger charge is 2.35. The lowest BCUT2D eigenvalue weighted by Gasteiger charge is -2.44. The van der Waals surface area contributed by atoms with E-state index in [1.54, 1.807) is 0 Å². The summed E-state index contributed by atoms with van der Waals surface area (Å²) in [5.74, 6) is 0.639. The molecule has 5 rings (SSSR count). The molecule has 3 saturated heterocycles. The maximum absolute atomic E-state index is 13.0. The van der Waals surface area contributed by atoms with Gasteiger partial charge in [-0.2, -0.15) is 5.10 Å². The van der Waals surface area contributed by atoms with E-state index in [0.29, 0.717) is 11.5 Å². The third-order valence-corrected chi connectivity index (χ3v) is 5.52. The normalized spacial score (nSPS) is 26.0. The molecule has 3 fully saturated rings. The fourth-order valence-corrected chi connectivity index (χ4v) is 4.25. The lowest BCUT2D eigenvalue weighted by molar-refractivity contribution is 0.0621. The third-order valence-electron chi connectivity index (χ3n) is 5.52. The number of pyridine rings is 1. The van der Waals surface area contributed by atoms with E-state index in [0.717, 1.165) is 35.5 Å². The van der Waals surface area contributed by atoms with Crippen molar-refractivity contribution in [1.29, 1.82) is 0 Å². The van der Waals surface area contributed by atoms with E-state index in [2.05, 4.69) is 20.3 Å². The number of rotatable bonds is 3. The summed E-state index contributed by atoms with van der Waals surface area (Å²) in [5.41, 5.74) is 3.26. The Morgan fingerprint density at radius 3 is 2.71 bits per heavy atom. The summed E-state index contributed by atoms with van der Waals surface area (Å²) >= 11 is 0. The maximum Gasteiger partial charge on any atom is 0.252 e. The molecule has 0 saturated carbocycles. The molecular weight excluding hydrogens is 302 g/mol. The number of fused-ring (bicyclic) bond motifs is 4. The molecule has 2 aromatic rings. The molecule has 1 atom stereocenters. The van der Waals surface area contributed by atoms with Crippen LogP contribution in [0.3, 0.4) is 0 Å². The summed E-state index contributed by atoms with van der Waals surface area (Å²) < 4.78 is 1.88. The van der Waals surface area contributed by atoms with Crippen molar-refractivity contribution in [3.63, 3.8) is 0 Å². The zero-order chi connectivity index (χ0) is 16.8. The molecule has 6 nitrogen and oxygen atoms in total. The van der Waals surface area contributed by atoms with Gasteiger partial charge in [0.25, 0.3) is 5.91 Å². The summed E-state index contributed by atoms with van der Waals surface area (Å²) in [6.07, 6.45) is 2.39. The van der Waals surface area contributed by atoms with Gasteiger partial charge in [-0.25, -0.2) is 9.67 Å². The molecule has 2 aromatic heterocycles. The average Bonchev–Trinajstić information content (AvgIpc) is 2.91. The zero-order valence-corrected chi connectivity index (χ0v) is 14.7. The molecule has 128 valence electrons. The molecule has 5 heterocycles. The van der Waals surface area contributed by atoms with Gasteiger partial charge >= 0.3 is 0 Å². The summed E-state index contributed by atoms with van der Waals surface area (Å²) in [7, 11) is 0. The van der Waals surface area contributed by atoms with Crippen molar-refractivity contribution in [3.05, 3.63) is 23.0 Å². The minimum absolute atomic E-state index is 0.0167. The fraction of sp³-hybridized carbons (Fsp3) is 0.611. The van der Waals surface area contributed by atoms with Crippen LogP contribution in [-0.4, -0.2) is 51.2 Å². The number of piperidine rings is 3. The number of aromatic nitrogens is 3. The van der Waals surface area contributed by atoms with Gasteiger partial charge in [-0.1, -0.05) is 0 Å². The molecule has 3 aliphatic heterocycles. The molecule has 0 radical (unpaired) electrons. The molecule has 24 heavy (non-hydrogen) atoms. The van der Waals surface area contributed by atoms with Crippen molar-refractivity contribution in [3.8, 4) is 0 Å². The first kappa shape index (κ1) is 15.6. The van der Waals surface area contributed by atoms with Crippen LogP contribution >= 0.6 is 0 Å². The van der Waals surface area contributed by atoms with Crippen molar-refractivity contribution < 1.29 is 4.79 Å². The van der Waals surface area contributed by atoms with Crippen molar-refractivity contribution in [2.24, 2.45) is 5.92 Å². The van der Waals surface area contributed by atoms with Gasteiger partial charge in [0.15, 0.2) is 5.65 Å². The summed E-state index contributed by atoms with van der Waals surface area (Å²) in [6.45, 7) is 10.0. The van der Waals surface area contributed by atoms with Crippen LogP contribution in [0.1, 0.15) is 41.5 Å². The standard InChI is InChI=1S/C18H25N5O/c1-4-23-17-16(12(3)21-23)14(9-11(2)19-17)18(24)20-15-10-22-7-5-13(15)6-8-22/h9,13,15H,4-8,10H2,1-3H3,(H,20,24). The van der Waals surface area contributed by atoms with E-state index < -0.39 is 0 Å². The molecule has 0 aromatic carbocycles. The van der Waals surface area contributed by atoms with Gasteiger partial charge in [0, 0.05) is 24.8 Å². The Morgan fingerprint density at radius 2 is 2.08 bits per heavy atom. The van der Waals surface area contributed by atoms with Gasteiger partial charge in [-0.15, -0.1) is 0 Å². The van der Waals surface area contributed by atoms with E-state index in [9.17, 15) is 4.79 Å². The average molecular weight is 327 g/mol. The number of carbonyl (C=O) groups excluding carboxylic acids is 1. The number of carbonyl (C=O) groups is 1. The van der Waals surface area contributed by atoms with Crippen LogP contribution in [0.15, 0.2) is 6.07 Å². The Hall–Kier alpha value is -1.95. The number of hydrogen-bond acceptors (Lipinski definition) is 4. The molecule has 0 aliphatic carbocycles. The SMILES string of the molecule is CCn1nc(C)c2c(C(=O)NC3CN4CCC3CC4)cc(C)nc21. The van der Waals surface area contributed by atoms with E-state index in [-0.39, 0.29) is 11.9 Å². The van der Waals surface area contributed by atoms with Crippen LogP contribution < -0.4 is 5.32 Å². The van der Waals surface area contributed by atoms with Crippen LogP contribution in [0.4, 0.5) is 0 Å². The highest BCUT2D eigenvalue weighted by molar-refractivity contribution is 6.06. The number of amides is 1. The number of aryl methyl sites for hydroxylation is 3. The van der Waals surface area contributed by atoms with Gasteiger partial charge in [0.2, 0.25) is 0 Å². The first-order valence-corrected chi connectivity index (χ1v) is 8.94. The van der Waals surface area contributed by atoms with E-state index >= 15 is 0 Å². The summed E-state index contributed by atoms with van der Waals surface area (Å²) in [4.78, 5) is 20.1.